The van der Waals surface area contributed by atoms with Gasteiger partial charge in [0.05, 0.1) is 6.04 Å². The van der Waals surface area contributed by atoms with Gasteiger partial charge in [0.15, 0.2) is 0 Å². The molecule has 0 spiro atoms. The largest absolute Gasteiger partial charge is 0.444 e. The monoisotopic (exact) mass is 333 g/mol. The summed E-state index contributed by atoms with van der Waals surface area (Å²) in [7, 11) is 0. The Morgan fingerprint density at radius 1 is 1.42 bits per heavy atom. The Labute approximate surface area is 145 Å². The fourth-order valence-corrected chi connectivity index (χ4v) is 2.93. The van der Waals surface area contributed by atoms with E-state index in [4.69, 9.17) is 4.74 Å². The van der Waals surface area contributed by atoms with Gasteiger partial charge in [-0.3, -0.25) is 0 Å². The molecule has 1 amide bonds. The van der Waals surface area contributed by atoms with Crippen LogP contribution < -0.4 is 5.32 Å². The van der Waals surface area contributed by atoms with Crippen LogP contribution in [-0.4, -0.2) is 34.7 Å². The molecule has 1 aromatic rings. The van der Waals surface area contributed by atoms with Crippen molar-refractivity contribution >= 4 is 11.9 Å². The van der Waals surface area contributed by atoms with Crippen molar-refractivity contribution in [3.8, 4) is 0 Å². The number of ether oxygens (including phenoxy) is 1. The Balaban J connectivity index is 2.22. The number of anilines is 1. The first-order valence-electron chi connectivity index (χ1n) is 8.96. The molecule has 1 aromatic heterocycles. The number of amides is 1. The van der Waals surface area contributed by atoms with Crippen molar-refractivity contribution in [3.63, 3.8) is 0 Å². The van der Waals surface area contributed by atoms with E-state index in [1.807, 2.05) is 31.7 Å². The van der Waals surface area contributed by atoms with Gasteiger partial charge in [0.25, 0.3) is 0 Å². The summed E-state index contributed by atoms with van der Waals surface area (Å²) in [6, 6.07) is 4.04. The van der Waals surface area contributed by atoms with Crippen molar-refractivity contribution in [1.29, 1.82) is 0 Å². The lowest BCUT2D eigenvalue weighted by Gasteiger charge is -2.37. The molecular weight excluding hydrogens is 302 g/mol. The molecule has 24 heavy (non-hydrogen) atoms. The molecule has 1 atom stereocenters. The molecule has 1 saturated heterocycles. The second kappa shape index (κ2) is 7.86. The number of piperidine rings is 1. The quantitative estimate of drug-likeness (QED) is 0.874. The Hall–Kier alpha value is -1.78. The lowest BCUT2D eigenvalue weighted by Crippen LogP contribution is -2.42. The van der Waals surface area contributed by atoms with Crippen LogP contribution in [0.5, 0.6) is 0 Å². The first kappa shape index (κ1) is 18.6. The lowest BCUT2D eigenvalue weighted by molar-refractivity contribution is 0.00957. The highest BCUT2D eigenvalue weighted by atomic mass is 16.6. The molecule has 2 heterocycles. The van der Waals surface area contributed by atoms with Gasteiger partial charge in [-0.2, -0.15) is 0 Å². The third-order valence-corrected chi connectivity index (χ3v) is 4.01. The number of nitrogens with zero attached hydrogens (tertiary/aromatic N) is 2. The van der Waals surface area contributed by atoms with Gasteiger partial charge in [-0.25, -0.2) is 9.78 Å². The van der Waals surface area contributed by atoms with Crippen LogP contribution in [-0.2, 0) is 4.74 Å². The van der Waals surface area contributed by atoms with Gasteiger partial charge >= 0.3 is 6.09 Å². The molecule has 5 heteroatoms. The minimum Gasteiger partial charge on any atom is -0.444 e. The zero-order valence-electron chi connectivity index (χ0n) is 15.6. The van der Waals surface area contributed by atoms with Crippen LogP contribution in [0.1, 0.15) is 65.5 Å². The topological polar surface area (TPSA) is 54.5 Å². The average Bonchev–Trinajstić information content (AvgIpc) is 2.51. The number of nitrogens with one attached hydrogen (secondary N) is 1. The van der Waals surface area contributed by atoms with Crippen LogP contribution in [0.3, 0.4) is 0 Å². The molecule has 1 aliphatic heterocycles. The van der Waals surface area contributed by atoms with E-state index in [0.29, 0.717) is 5.92 Å². The summed E-state index contributed by atoms with van der Waals surface area (Å²) >= 11 is 0. The van der Waals surface area contributed by atoms with E-state index in [-0.39, 0.29) is 12.1 Å². The van der Waals surface area contributed by atoms with Gasteiger partial charge in [-0.1, -0.05) is 19.9 Å². The second-order valence-corrected chi connectivity index (χ2v) is 7.90. The molecule has 1 aliphatic rings. The van der Waals surface area contributed by atoms with Crippen LogP contribution in [0.2, 0.25) is 0 Å². The first-order chi connectivity index (χ1) is 11.3. The summed E-state index contributed by atoms with van der Waals surface area (Å²) in [4.78, 5) is 19.0. The van der Waals surface area contributed by atoms with Crippen LogP contribution in [0, 0.1) is 5.92 Å². The van der Waals surface area contributed by atoms with E-state index in [0.717, 1.165) is 43.7 Å². The van der Waals surface area contributed by atoms with Crippen LogP contribution in [0.25, 0.3) is 0 Å². The van der Waals surface area contributed by atoms with E-state index in [2.05, 4.69) is 30.2 Å². The number of rotatable bonds is 4. The molecule has 0 bridgehead atoms. The summed E-state index contributed by atoms with van der Waals surface area (Å²) in [6.45, 7) is 11.7. The van der Waals surface area contributed by atoms with Gasteiger partial charge in [-0.05, 0) is 52.0 Å². The Kier molecular flexibility index (Phi) is 6.08. The van der Waals surface area contributed by atoms with Crippen molar-refractivity contribution in [1.82, 2.24) is 9.88 Å². The number of carbonyl (C=O) groups is 1. The van der Waals surface area contributed by atoms with E-state index in [1.54, 1.807) is 6.20 Å². The highest BCUT2D eigenvalue weighted by Crippen LogP contribution is 2.35. The molecule has 0 aromatic carbocycles. The van der Waals surface area contributed by atoms with Crippen LogP contribution >= 0.6 is 0 Å². The van der Waals surface area contributed by atoms with Crippen molar-refractivity contribution in [2.45, 2.75) is 65.5 Å². The fourth-order valence-electron chi connectivity index (χ4n) is 2.93. The van der Waals surface area contributed by atoms with Crippen LogP contribution in [0.4, 0.5) is 10.6 Å². The molecule has 0 unspecified atom stereocenters. The number of carbonyl (C=O) groups excluding carboxylic acids is 1. The number of hydrogen-bond acceptors (Lipinski definition) is 4. The smallest absolute Gasteiger partial charge is 0.410 e. The molecule has 134 valence electrons. The van der Waals surface area contributed by atoms with Gasteiger partial charge in [0, 0.05) is 24.8 Å². The van der Waals surface area contributed by atoms with Crippen LogP contribution in [0.15, 0.2) is 18.3 Å². The van der Waals surface area contributed by atoms with Gasteiger partial charge in [0.2, 0.25) is 0 Å². The minimum absolute atomic E-state index is 0.0250. The van der Waals surface area contributed by atoms with E-state index < -0.39 is 5.60 Å². The highest BCUT2D eigenvalue weighted by Gasteiger charge is 2.32. The lowest BCUT2D eigenvalue weighted by atomic mass is 9.96. The standard InChI is InChI=1S/C19H31N3O2/c1-14(2)13-21-17-15(9-8-11-20-17)16-10-6-7-12-22(16)18(23)24-19(3,4)5/h8-9,11,14,16H,6-7,10,12-13H2,1-5H3,(H,20,21)/t16-/m1/s1. The predicted octanol–water partition coefficient (Wildman–Crippen LogP) is 4.61. The zero-order valence-corrected chi connectivity index (χ0v) is 15.6. The predicted molar refractivity (Wildman–Crippen MR) is 97.1 cm³/mol. The SMILES string of the molecule is CC(C)CNc1ncccc1[C@H]1CCCCN1C(=O)OC(C)(C)C. The minimum atomic E-state index is -0.479. The zero-order chi connectivity index (χ0) is 17.7. The maximum atomic E-state index is 12.6. The Bertz CT molecular complexity index is 552. The molecule has 5 nitrogen and oxygen atoms in total. The van der Waals surface area contributed by atoms with Crippen molar-refractivity contribution in [2.75, 3.05) is 18.4 Å². The number of likely N-dealkylation sites (tertiary alicyclic amines) is 1. The van der Waals surface area contributed by atoms with Crippen molar-refractivity contribution in [3.05, 3.63) is 23.9 Å². The second-order valence-electron chi connectivity index (χ2n) is 7.90. The van der Waals surface area contributed by atoms with Gasteiger partial charge in [-0.15, -0.1) is 0 Å². The number of aromatic nitrogens is 1. The van der Waals surface area contributed by atoms with Crippen molar-refractivity contribution in [2.24, 2.45) is 5.92 Å². The molecule has 0 saturated carbocycles. The molecule has 0 radical (unpaired) electrons. The summed E-state index contributed by atoms with van der Waals surface area (Å²) in [5.41, 5.74) is 0.607. The molecule has 1 fully saturated rings. The number of hydrogen-bond donors (Lipinski definition) is 1. The highest BCUT2D eigenvalue weighted by molar-refractivity contribution is 5.69. The van der Waals surface area contributed by atoms with Gasteiger partial charge in [0.1, 0.15) is 11.4 Å². The third kappa shape index (κ3) is 5.11. The summed E-state index contributed by atoms with van der Waals surface area (Å²) in [5, 5.41) is 3.43. The van der Waals surface area contributed by atoms with Crippen molar-refractivity contribution < 1.29 is 9.53 Å². The molecule has 2 rings (SSSR count). The number of pyridine rings is 1. The van der Waals surface area contributed by atoms with E-state index in [1.165, 1.54) is 0 Å². The fraction of sp³-hybridized carbons (Fsp3) is 0.684. The van der Waals surface area contributed by atoms with E-state index >= 15 is 0 Å². The molecule has 1 N–H and O–H groups in total. The molecule has 0 aliphatic carbocycles. The summed E-state index contributed by atoms with van der Waals surface area (Å²) < 4.78 is 5.61. The maximum Gasteiger partial charge on any atom is 0.410 e. The molecular formula is C19H31N3O2. The maximum absolute atomic E-state index is 12.6. The Morgan fingerprint density at radius 3 is 2.83 bits per heavy atom. The summed E-state index contributed by atoms with van der Waals surface area (Å²) in [5.74, 6) is 1.42. The first-order valence-corrected chi connectivity index (χ1v) is 8.96. The van der Waals surface area contributed by atoms with E-state index in [9.17, 15) is 4.79 Å². The Morgan fingerprint density at radius 2 is 2.17 bits per heavy atom. The third-order valence-electron chi connectivity index (χ3n) is 4.01. The normalized spacial score (nSPS) is 18.6. The van der Waals surface area contributed by atoms with Gasteiger partial charge < -0.3 is 15.0 Å². The summed E-state index contributed by atoms with van der Waals surface area (Å²) in [6.07, 6.45) is 4.65. The average molecular weight is 333 g/mol.